The van der Waals surface area contributed by atoms with Crippen molar-refractivity contribution < 1.29 is 14.4 Å². The van der Waals surface area contributed by atoms with Gasteiger partial charge in [-0.1, -0.05) is 0 Å². The van der Waals surface area contributed by atoms with Crippen molar-refractivity contribution in [3.63, 3.8) is 0 Å². The Bertz CT molecular complexity index is 95.1. The van der Waals surface area contributed by atoms with E-state index in [0.717, 1.165) is 0 Å². The first-order valence-electron chi connectivity index (χ1n) is 1.47. The molecular weight excluding hydrogens is 138 g/mol. The van der Waals surface area contributed by atoms with Crippen molar-refractivity contribution in [2.75, 3.05) is 0 Å². The van der Waals surface area contributed by atoms with Gasteiger partial charge in [0.1, 0.15) is 5.12 Å². The molecule has 0 saturated carbocycles. The van der Waals surface area contributed by atoms with Crippen LogP contribution in [0.5, 0.6) is 0 Å². The first-order chi connectivity index (χ1) is 2.94. The summed E-state index contributed by atoms with van der Waals surface area (Å²) < 4.78 is 9.83. The van der Waals surface area contributed by atoms with Crippen LogP contribution < -0.4 is 0 Å². The van der Waals surface area contributed by atoms with Gasteiger partial charge in [0.05, 0.1) is 0 Å². The van der Waals surface area contributed by atoms with Gasteiger partial charge in [0.25, 0.3) is 0 Å². The zero-order valence-corrected chi connectivity index (χ0v) is 5.06. The monoisotopic (exact) mass is 143 g/mol. The summed E-state index contributed by atoms with van der Waals surface area (Å²) in [6.45, 7) is 2.91. The summed E-state index contributed by atoms with van der Waals surface area (Å²) in [4.78, 5) is 16.0. The van der Waals surface area contributed by atoms with Gasteiger partial charge >= 0.3 is 7.60 Å². The zero-order chi connectivity index (χ0) is 6.08. The molecule has 0 aliphatic rings. The summed E-state index contributed by atoms with van der Waals surface area (Å²) in [7, 11) is -4.08. The highest BCUT2D eigenvalue weighted by molar-refractivity contribution is 7.54. The third-order valence-electron chi connectivity index (χ3n) is 0.365. The van der Waals surface area contributed by atoms with Crippen LogP contribution in [0.3, 0.4) is 0 Å². The van der Waals surface area contributed by atoms with E-state index in [1.54, 1.807) is 0 Å². The molecule has 43 valence electrons. The Balaban J connectivity index is 3.80. The average molecular weight is 143 g/mol. The smallest absolute Gasteiger partial charge is 0.323 e. The molecule has 0 aromatic heterocycles. The van der Waals surface area contributed by atoms with Crippen LogP contribution >= 0.6 is 19.2 Å². The lowest BCUT2D eigenvalue weighted by Gasteiger charge is -2.01. The maximum atomic E-state index is 9.83. The minimum Gasteiger partial charge on any atom is -0.323 e. The van der Waals surface area contributed by atoms with Crippen LogP contribution in [0.2, 0.25) is 0 Å². The number of hydrogen-bond donors (Lipinski definition) is 2. The van der Waals surface area contributed by atoms with E-state index in [0.29, 0.717) is 0 Å². The molecule has 0 aromatic rings. The quantitative estimate of drug-likeness (QED) is 0.417. The number of halogens is 1. The lowest BCUT2D eigenvalue weighted by atomic mass is 11.0. The second-order valence-corrected chi connectivity index (χ2v) is 3.66. The standard InChI is InChI=1S/C2H5ClO3P/c1-2(3)7(4,5)6/h2H,1H2,(H2,4,5,6). The predicted octanol–water partition coefficient (Wildman–Crippen LogP) is 0.563. The Morgan fingerprint density at radius 2 is 1.86 bits per heavy atom. The van der Waals surface area contributed by atoms with Gasteiger partial charge in [0.2, 0.25) is 0 Å². The molecule has 1 unspecified atom stereocenters. The third-order valence-corrected chi connectivity index (χ3v) is 1.86. The molecule has 0 aliphatic heterocycles. The second-order valence-electron chi connectivity index (χ2n) is 1.02. The summed E-state index contributed by atoms with van der Waals surface area (Å²) in [5.74, 6) is 0. The van der Waals surface area contributed by atoms with E-state index in [2.05, 4.69) is 6.92 Å². The van der Waals surface area contributed by atoms with Crippen molar-refractivity contribution in [2.24, 2.45) is 0 Å². The molecule has 1 atom stereocenters. The molecule has 0 spiro atoms. The van der Waals surface area contributed by atoms with E-state index in [1.807, 2.05) is 0 Å². The molecule has 0 saturated heterocycles. The van der Waals surface area contributed by atoms with Crippen LogP contribution in [0.15, 0.2) is 0 Å². The minimum absolute atomic E-state index is 1.31. The van der Waals surface area contributed by atoms with Crippen LogP contribution in [0, 0.1) is 6.92 Å². The van der Waals surface area contributed by atoms with Crippen molar-refractivity contribution in [1.82, 2.24) is 0 Å². The molecular formula is C2H5ClO3P. The van der Waals surface area contributed by atoms with E-state index >= 15 is 0 Å². The van der Waals surface area contributed by atoms with Crippen LogP contribution in [-0.2, 0) is 4.57 Å². The molecule has 0 bridgehead atoms. The molecule has 0 aliphatic carbocycles. The lowest BCUT2D eigenvalue weighted by Crippen LogP contribution is -1.90. The highest BCUT2D eigenvalue weighted by atomic mass is 35.5. The second kappa shape index (κ2) is 2.14. The van der Waals surface area contributed by atoms with E-state index in [-0.39, 0.29) is 0 Å². The van der Waals surface area contributed by atoms with Crippen LogP contribution in [0.4, 0.5) is 0 Å². The fraction of sp³-hybridized carbons (Fsp3) is 0.500. The van der Waals surface area contributed by atoms with Gasteiger partial charge in [0.15, 0.2) is 0 Å². The van der Waals surface area contributed by atoms with Crippen LogP contribution in [-0.4, -0.2) is 14.9 Å². The molecule has 0 aromatic carbocycles. The van der Waals surface area contributed by atoms with Crippen molar-refractivity contribution >= 4 is 19.2 Å². The Morgan fingerprint density at radius 3 is 1.86 bits per heavy atom. The SMILES string of the molecule is [CH2]C(Cl)P(=O)(O)O. The van der Waals surface area contributed by atoms with Gasteiger partial charge in [-0.15, -0.1) is 11.6 Å². The Morgan fingerprint density at radius 1 is 1.71 bits per heavy atom. The zero-order valence-electron chi connectivity index (χ0n) is 3.41. The predicted molar refractivity (Wildman–Crippen MR) is 27.0 cm³/mol. The fourth-order valence-electron chi connectivity index (χ4n) is 0. The average Bonchev–Trinajstić information content (AvgIpc) is 1.31. The first kappa shape index (κ1) is 7.44. The van der Waals surface area contributed by atoms with Crippen LogP contribution in [0.1, 0.15) is 0 Å². The molecule has 0 fully saturated rings. The van der Waals surface area contributed by atoms with Gasteiger partial charge in [-0.05, 0) is 6.92 Å². The highest BCUT2D eigenvalue weighted by Gasteiger charge is 2.20. The molecule has 1 radical (unpaired) electrons. The van der Waals surface area contributed by atoms with Crippen molar-refractivity contribution in [3.8, 4) is 0 Å². The van der Waals surface area contributed by atoms with E-state index in [1.165, 1.54) is 0 Å². The molecule has 0 amide bonds. The summed E-state index contributed by atoms with van der Waals surface area (Å²) in [6, 6.07) is 0. The minimum atomic E-state index is -4.08. The molecule has 2 N–H and O–H groups in total. The molecule has 5 heteroatoms. The summed E-state index contributed by atoms with van der Waals surface area (Å²) >= 11 is 4.88. The van der Waals surface area contributed by atoms with Crippen molar-refractivity contribution in [3.05, 3.63) is 6.92 Å². The summed E-state index contributed by atoms with van der Waals surface area (Å²) in [6.07, 6.45) is 0. The summed E-state index contributed by atoms with van der Waals surface area (Å²) in [5.41, 5.74) is 0. The van der Waals surface area contributed by atoms with Gasteiger partial charge < -0.3 is 9.79 Å². The van der Waals surface area contributed by atoms with Crippen LogP contribution in [0.25, 0.3) is 0 Å². The molecule has 3 nitrogen and oxygen atoms in total. The Hall–Kier alpha value is 0.440. The summed E-state index contributed by atoms with van der Waals surface area (Å²) in [5, 5.41) is -1.31. The van der Waals surface area contributed by atoms with Gasteiger partial charge in [-0.2, -0.15) is 0 Å². The van der Waals surface area contributed by atoms with Crippen molar-refractivity contribution in [2.45, 2.75) is 5.12 Å². The van der Waals surface area contributed by atoms with Gasteiger partial charge in [-0.25, -0.2) is 0 Å². The Kier molecular flexibility index (Phi) is 2.27. The van der Waals surface area contributed by atoms with Crippen molar-refractivity contribution in [1.29, 1.82) is 0 Å². The van der Waals surface area contributed by atoms with E-state index in [4.69, 9.17) is 21.4 Å². The number of rotatable bonds is 1. The fourth-order valence-corrected chi connectivity index (χ4v) is 0. The largest absolute Gasteiger partial charge is 0.343 e. The highest BCUT2D eigenvalue weighted by Crippen LogP contribution is 2.42. The van der Waals surface area contributed by atoms with E-state index in [9.17, 15) is 4.57 Å². The van der Waals surface area contributed by atoms with Gasteiger partial charge in [-0.3, -0.25) is 4.57 Å². The topological polar surface area (TPSA) is 57.5 Å². The third kappa shape index (κ3) is 3.06. The van der Waals surface area contributed by atoms with Gasteiger partial charge in [0, 0.05) is 0 Å². The lowest BCUT2D eigenvalue weighted by molar-refractivity contribution is 0.373. The normalized spacial score (nSPS) is 16.6. The number of alkyl halides is 1. The maximum Gasteiger partial charge on any atom is 0.343 e. The maximum absolute atomic E-state index is 9.83. The first-order valence-corrected chi connectivity index (χ1v) is 3.59. The van der Waals surface area contributed by atoms with E-state index < -0.39 is 12.7 Å². The molecule has 7 heavy (non-hydrogen) atoms. The Labute approximate surface area is 46.5 Å². The molecule has 0 heterocycles. The number of hydrogen-bond acceptors (Lipinski definition) is 1. The molecule has 0 rings (SSSR count).